The molecule has 0 aliphatic rings. The fraction of sp³-hybridized carbons (Fsp3) is 0.796. The van der Waals surface area contributed by atoms with Crippen LogP contribution in [0.25, 0.3) is 0 Å². The van der Waals surface area contributed by atoms with Crippen LogP contribution in [-0.4, -0.2) is 49.3 Å². The zero-order valence-corrected chi connectivity index (χ0v) is 38.9. The number of phosphoric acid groups is 1. The lowest BCUT2D eigenvalue weighted by Gasteiger charge is -2.19. The number of nitrogens with two attached hydrogens (primary N) is 1. The number of unbranched alkanes of at least 4 members (excludes halogenated alkanes) is 24. The first-order chi connectivity index (χ1) is 28.8. The third kappa shape index (κ3) is 45.3. The molecule has 0 aliphatic carbocycles. The molecular weight excluding hydrogens is 762 g/mol. The van der Waals surface area contributed by atoms with Crippen LogP contribution in [0.2, 0.25) is 0 Å². The van der Waals surface area contributed by atoms with Crippen LogP contribution < -0.4 is 5.73 Å². The summed E-state index contributed by atoms with van der Waals surface area (Å²) in [6.07, 6.45) is 52.8. The maximum atomic E-state index is 12.6. The molecule has 2 unspecified atom stereocenters. The Morgan fingerprint density at radius 2 is 0.881 bits per heavy atom. The molecule has 0 aromatic heterocycles. The number of phosphoric ester groups is 1. The van der Waals surface area contributed by atoms with Crippen molar-refractivity contribution < 1.29 is 37.6 Å². The molecule has 2 atom stereocenters. The first-order valence-electron chi connectivity index (χ1n) is 24.1. The van der Waals surface area contributed by atoms with Crippen LogP contribution in [0.4, 0.5) is 0 Å². The smallest absolute Gasteiger partial charge is 0.462 e. The topological polar surface area (TPSA) is 134 Å². The maximum absolute atomic E-state index is 12.6. The highest BCUT2D eigenvalue weighted by atomic mass is 31.2. The van der Waals surface area contributed by atoms with Gasteiger partial charge in [0.2, 0.25) is 0 Å². The van der Waals surface area contributed by atoms with E-state index >= 15 is 0 Å². The van der Waals surface area contributed by atoms with E-state index in [1.807, 2.05) is 0 Å². The summed E-state index contributed by atoms with van der Waals surface area (Å²) in [6, 6.07) is 0. The van der Waals surface area contributed by atoms with E-state index in [0.29, 0.717) is 6.42 Å². The van der Waals surface area contributed by atoms with Crippen molar-refractivity contribution in [2.24, 2.45) is 5.73 Å². The van der Waals surface area contributed by atoms with E-state index in [9.17, 15) is 19.0 Å². The van der Waals surface area contributed by atoms with Crippen LogP contribution in [0.3, 0.4) is 0 Å². The lowest BCUT2D eigenvalue weighted by Crippen LogP contribution is -2.29. The van der Waals surface area contributed by atoms with Gasteiger partial charge >= 0.3 is 19.8 Å². The first kappa shape index (κ1) is 57.0. The van der Waals surface area contributed by atoms with Crippen molar-refractivity contribution >= 4 is 19.8 Å². The predicted molar refractivity (Wildman–Crippen MR) is 247 cm³/mol. The molecule has 0 saturated carbocycles. The summed E-state index contributed by atoms with van der Waals surface area (Å²) in [5, 5.41) is 0. The van der Waals surface area contributed by atoms with E-state index in [2.05, 4.69) is 62.5 Å². The molecule has 0 bridgehead atoms. The molecule has 0 saturated heterocycles. The molecule has 0 aliphatic heterocycles. The second-order valence-electron chi connectivity index (χ2n) is 16.0. The molecular formula is C49H90NO8P. The van der Waals surface area contributed by atoms with Gasteiger partial charge in [-0.1, -0.05) is 178 Å². The van der Waals surface area contributed by atoms with Crippen molar-refractivity contribution in [2.75, 3.05) is 26.4 Å². The van der Waals surface area contributed by atoms with Gasteiger partial charge in [-0.15, -0.1) is 0 Å². The summed E-state index contributed by atoms with van der Waals surface area (Å²) >= 11 is 0. The van der Waals surface area contributed by atoms with Crippen molar-refractivity contribution in [3.05, 3.63) is 48.6 Å². The van der Waals surface area contributed by atoms with Gasteiger partial charge in [-0.2, -0.15) is 0 Å². The molecule has 0 fully saturated rings. The lowest BCUT2D eigenvalue weighted by atomic mass is 10.1. The van der Waals surface area contributed by atoms with E-state index in [4.69, 9.17) is 24.3 Å². The van der Waals surface area contributed by atoms with Gasteiger partial charge in [0.25, 0.3) is 0 Å². The molecule has 0 amide bonds. The molecule has 0 spiro atoms. The number of rotatable bonds is 45. The van der Waals surface area contributed by atoms with Gasteiger partial charge in [0.1, 0.15) is 6.61 Å². The van der Waals surface area contributed by atoms with Gasteiger partial charge in [0, 0.05) is 19.4 Å². The first-order valence-corrected chi connectivity index (χ1v) is 25.6. The molecule has 344 valence electrons. The minimum absolute atomic E-state index is 0.0503. The summed E-state index contributed by atoms with van der Waals surface area (Å²) < 4.78 is 32.9. The molecule has 10 heteroatoms. The van der Waals surface area contributed by atoms with E-state index in [0.717, 1.165) is 70.6 Å². The van der Waals surface area contributed by atoms with Crippen LogP contribution >= 0.6 is 7.82 Å². The molecule has 0 aromatic carbocycles. The zero-order chi connectivity index (χ0) is 43.2. The normalized spacial score (nSPS) is 13.6. The maximum Gasteiger partial charge on any atom is 0.472 e. The Hall–Kier alpha value is -2.03. The van der Waals surface area contributed by atoms with E-state index in [1.165, 1.54) is 116 Å². The Bertz CT molecular complexity index is 1110. The minimum atomic E-state index is -4.38. The van der Waals surface area contributed by atoms with E-state index < -0.39 is 26.5 Å². The standard InChI is InChI=1S/C49H90NO8P/c1-3-5-7-9-11-13-15-17-19-21-22-23-24-26-28-30-32-34-36-38-40-42-49(52)58-47(46-57-59(53,54)56-44-43-50)45-55-48(51)41-39-37-35-33-31-29-27-25-20-18-16-14-12-10-8-6-4-2/h12,14-15,17-18,20-22,47H,3-11,13,16,19,23-46,50H2,1-2H3,(H,53,54)/b14-12-,17-15-,20-18-,22-21-. The summed E-state index contributed by atoms with van der Waals surface area (Å²) in [4.78, 5) is 35.0. The highest BCUT2D eigenvalue weighted by Crippen LogP contribution is 2.43. The van der Waals surface area contributed by atoms with Gasteiger partial charge in [-0.05, 0) is 77.0 Å². The average molecular weight is 852 g/mol. The number of carbonyl (C=O) groups is 2. The molecule has 9 nitrogen and oxygen atoms in total. The fourth-order valence-corrected chi connectivity index (χ4v) is 7.34. The number of hydrogen-bond acceptors (Lipinski definition) is 8. The Balaban J connectivity index is 4.10. The highest BCUT2D eigenvalue weighted by molar-refractivity contribution is 7.47. The molecule has 3 N–H and O–H groups in total. The second-order valence-corrected chi connectivity index (χ2v) is 17.4. The summed E-state index contributed by atoms with van der Waals surface area (Å²) in [7, 11) is -4.38. The van der Waals surface area contributed by atoms with Gasteiger partial charge in [0.15, 0.2) is 6.10 Å². The lowest BCUT2D eigenvalue weighted by molar-refractivity contribution is -0.161. The van der Waals surface area contributed by atoms with Gasteiger partial charge in [-0.3, -0.25) is 18.6 Å². The highest BCUT2D eigenvalue weighted by Gasteiger charge is 2.26. The Kier molecular flexibility index (Phi) is 43.9. The molecule has 0 heterocycles. The minimum Gasteiger partial charge on any atom is -0.462 e. The zero-order valence-electron chi connectivity index (χ0n) is 38.0. The molecule has 0 aromatic rings. The largest absolute Gasteiger partial charge is 0.472 e. The van der Waals surface area contributed by atoms with Gasteiger partial charge in [-0.25, -0.2) is 4.57 Å². The monoisotopic (exact) mass is 852 g/mol. The Labute approximate surface area is 362 Å². The van der Waals surface area contributed by atoms with Crippen LogP contribution in [0.5, 0.6) is 0 Å². The SMILES string of the molecule is CCCCC/C=C\C/C=C\CCCCCCCCCC(=O)OCC(COP(=O)(O)OCCN)OC(=O)CCCCCCCCCCC/C=C\C/C=C\CCCCCCC. The average Bonchev–Trinajstić information content (AvgIpc) is 3.22. The Morgan fingerprint density at radius 3 is 1.32 bits per heavy atom. The van der Waals surface area contributed by atoms with Crippen LogP contribution in [-0.2, 0) is 32.7 Å². The number of hydrogen-bond donors (Lipinski definition) is 2. The quantitative estimate of drug-likeness (QED) is 0.0266. The second kappa shape index (κ2) is 45.5. The third-order valence-corrected chi connectivity index (χ3v) is 11.2. The van der Waals surface area contributed by atoms with E-state index in [1.54, 1.807) is 0 Å². The van der Waals surface area contributed by atoms with Gasteiger partial charge in [0.05, 0.1) is 13.2 Å². The number of allylic oxidation sites excluding steroid dienone is 8. The van der Waals surface area contributed by atoms with Crippen LogP contribution in [0, 0.1) is 0 Å². The number of esters is 2. The van der Waals surface area contributed by atoms with Crippen molar-refractivity contribution in [1.29, 1.82) is 0 Å². The summed E-state index contributed by atoms with van der Waals surface area (Å²) in [5.74, 6) is -0.839. The Morgan fingerprint density at radius 1 is 0.508 bits per heavy atom. The predicted octanol–water partition coefficient (Wildman–Crippen LogP) is 14.3. The fourth-order valence-electron chi connectivity index (χ4n) is 6.58. The van der Waals surface area contributed by atoms with Crippen LogP contribution in [0.1, 0.15) is 219 Å². The van der Waals surface area contributed by atoms with Crippen molar-refractivity contribution in [3.8, 4) is 0 Å². The van der Waals surface area contributed by atoms with E-state index in [-0.39, 0.29) is 38.6 Å². The van der Waals surface area contributed by atoms with Crippen molar-refractivity contribution in [2.45, 2.75) is 225 Å². The van der Waals surface area contributed by atoms with Crippen molar-refractivity contribution in [1.82, 2.24) is 0 Å². The van der Waals surface area contributed by atoms with Gasteiger partial charge < -0.3 is 20.1 Å². The van der Waals surface area contributed by atoms with Crippen LogP contribution in [0.15, 0.2) is 48.6 Å². The number of ether oxygens (including phenoxy) is 2. The third-order valence-electron chi connectivity index (χ3n) is 10.2. The molecule has 0 rings (SSSR count). The summed E-state index contributed by atoms with van der Waals surface area (Å²) in [5.41, 5.74) is 5.36. The number of carbonyl (C=O) groups excluding carboxylic acids is 2. The summed E-state index contributed by atoms with van der Waals surface area (Å²) in [6.45, 7) is 3.70. The van der Waals surface area contributed by atoms with Crippen molar-refractivity contribution in [3.63, 3.8) is 0 Å². The molecule has 59 heavy (non-hydrogen) atoms. The molecule has 0 radical (unpaired) electrons.